The largest absolute Gasteiger partial charge is 0.350 e. The molecule has 0 aromatic heterocycles. The maximum absolute atomic E-state index is 12.0. The molecule has 1 aromatic rings. The molecule has 0 saturated carbocycles. The number of likely N-dealkylation sites (N-methyl/N-ethyl adjacent to an activating group) is 1. The summed E-state index contributed by atoms with van der Waals surface area (Å²) in [5.41, 5.74) is 0.876. The Morgan fingerprint density at radius 1 is 1.55 bits per heavy atom. The van der Waals surface area contributed by atoms with E-state index < -0.39 is 4.92 Å². The molecule has 0 radical (unpaired) electrons. The van der Waals surface area contributed by atoms with Gasteiger partial charge in [-0.3, -0.25) is 14.9 Å². The lowest BCUT2D eigenvalue weighted by Gasteiger charge is -2.19. The van der Waals surface area contributed by atoms with Crippen LogP contribution in [-0.4, -0.2) is 41.9 Å². The third-order valence-electron chi connectivity index (χ3n) is 3.84. The van der Waals surface area contributed by atoms with Gasteiger partial charge in [-0.1, -0.05) is 6.07 Å². The number of nitro groups is 1. The fraction of sp³-hybridized carbons (Fsp3) is 0.500. The van der Waals surface area contributed by atoms with Crippen LogP contribution in [0.5, 0.6) is 0 Å². The molecule has 1 aliphatic heterocycles. The Balaban J connectivity index is 2.02. The van der Waals surface area contributed by atoms with Crippen LogP contribution in [0.2, 0.25) is 0 Å². The Hall–Kier alpha value is -1.95. The van der Waals surface area contributed by atoms with Crippen LogP contribution in [0.25, 0.3) is 0 Å². The molecule has 20 heavy (non-hydrogen) atoms. The van der Waals surface area contributed by atoms with E-state index in [1.807, 2.05) is 7.05 Å². The maximum atomic E-state index is 12.0. The number of hydrogen-bond donors (Lipinski definition) is 1. The third kappa shape index (κ3) is 3.14. The van der Waals surface area contributed by atoms with Crippen molar-refractivity contribution in [2.24, 2.45) is 0 Å². The normalized spacial score (nSPS) is 19.0. The highest BCUT2D eigenvalue weighted by atomic mass is 16.6. The second kappa shape index (κ2) is 6.00. The Morgan fingerprint density at radius 2 is 2.30 bits per heavy atom. The zero-order chi connectivity index (χ0) is 14.7. The minimum absolute atomic E-state index is 0.0179. The van der Waals surface area contributed by atoms with Crippen LogP contribution >= 0.6 is 0 Å². The Kier molecular flexibility index (Phi) is 4.34. The van der Waals surface area contributed by atoms with Gasteiger partial charge in [-0.2, -0.15) is 0 Å². The molecule has 6 nitrogen and oxygen atoms in total. The summed E-state index contributed by atoms with van der Waals surface area (Å²) >= 11 is 0. The number of benzene rings is 1. The van der Waals surface area contributed by atoms with E-state index in [0.29, 0.717) is 23.7 Å². The van der Waals surface area contributed by atoms with E-state index >= 15 is 0 Å². The molecule has 0 unspecified atom stereocenters. The molecule has 1 N–H and O–H groups in total. The standard InChI is InChI=1S/C14H19N3O3/c1-10-5-6-11(8-13(10)17(19)20)14(18)15-9-12-4-3-7-16(12)2/h5-6,8,12H,3-4,7,9H2,1-2H3,(H,15,18)/t12-/m0/s1. The van der Waals surface area contributed by atoms with Crippen molar-refractivity contribution in [3.8, 4) is 0 Å². The van der Waals surface area contributed by atoms with Gasteiger partial charge in [0.2, 0.25) is 0 Å². The average molecular weight is 277 g/mol. The topological polar surface area (TPSA) is 75.5 Å². The first-order chi connectivity index (χ1) is 9.49. The van der Waals surface area contributed by atoms with Gasteiger partial charge >= 0.3 is 0 Å². The molecule has 1 aliphatic rings. The third-order valence-corrected chi connectivity index (χ3v) is 3.84. The van der Waals surface area contributed by atoms with Crippen LogP contribution in [0.3, 0.4) is 0 Å². The van der Waals surface area contributed by atoms with E-state index in [1.165, 1.54) is 6.07 Å². The molecule has 1 atom stereocenters. The van der Waals surface area contributed by atoms with E-state index in [-0.39, 0.29) is 11.6 Å². The first-order valence-electron chi connectivity index (χ1n) is 6.72. The number of amides is 1. The maximum Gasteiger partial charge on any atom is 0.273 e. The van der Waals surface area contributed by atoms with Gasteiger partial charge in [0.1, 0.15) is 0 Å². The number of rotatable bonds is 4. The molecule has 6 heteroatoms. The number of carbonyl (C=O) groups excluding carboxylic acids is 1. The summed E-state index contributed by atoms with van der Waals surface area (Å²) in [6, 6.07) is 4.92. The van der Waals surface area contributed by atoms with E-state index in [2.05, 4.69) is 10.2 Å². The fourth-order valence-electron chi connectivity index (χ4n) is 2.50. The molecule has 0 spiro atoms. The Morgan fingerprint density at radius 3 is 2.90 bits per heavy atom. The first kappa shape index (κ1) is 14.5. The molecule has 0 aliphatic carbocycles. The summed E-state index contributed by atoms with van der Waals surface area (Å²) in [4.78, 5) is 24.7. The summed E-state index contributed by atoms with van der Waals surface area (Å²) in [5.74, 6) is -0.256. The SMILES string of the molecule is Cc1ccc(C(=O)NC[C@@H]2CCCN2C)cc1[N+](=O)[O-]. The van der Waals surface area contributed by atoms with Crippen LogP contribution in [0, 0.1) is 17.0 Å². The zero-order valence-corrected chi connectivity index (χ0v) is 11.8. The number of hydrogen-bond acceptors (Lipinski definition) is 4. The lowest BCUT2D eigenvalue weighted by atomic mass is 10.1. The predicted octanol–water partition coefficient (Wildman–Crippen LogP) is 1.73. The predicted molar refractivity (Wildman–Crippen MR) is 75.8 cm³/mol. The van der Waals surface area contributed by atoms with Gasteiger partial charge in [0, 0.05) is 29.8 Å². The number of aryl methyl sites for hydroxylation is 1. The molecule has 1 aromatic carbocycles. The van der Waals surface area contributed by atoms with E-state index in [0.717, 1.165) is 19.4 Å². The smallest absolute Gasteiger partial charge is 0.273 e. The van der Waals surface area contributed by atoms with Crippen molar-refractivity contribution >= 4 is 11.6 Å². The van der Waals surface area contributed by atoms with Crippen molar-refractivity contribution in [2.75, 3.05) is 20.1 Å². The number of likely N-dealkylation sites (tertiary alicyclic amines) is 1. The zero-order valence-electron chi connectivity index (χ0n) is 11.8. The van der Waals surface area contributed by atoms with Gasteiger partial charge < -0.3 is 10.2 Å². The monoisotopic (exact) mass is 277 g/mol. The molecule has 1 fully saturated rings. The molecule has 0 bridgehead atoms. The van der Waals surface area contributed by atoms with Crippen molar-refractivity contribution in [1.29, 1.82) is 0 Å². The van der Waals surface area contributed by atoms with Crippen LogP contribution in [0.4, 0.5) is 5.69 Å². The molecule has 1 saturated heterocycles. The minimum Gasteiger partial charge on any atom is -0.350 e. The van der Waals surface area contributed by atoms with Crippen LogP contribution in [-0.2, 0) is 0 Å². The summed E-state index contributed by atoms with van der Waals surface area (Å²) in [6.45, 7) is 3.29. The molecular formula is C14H19N3O3. The highest BCUT2D eigenvalue weighted by molar-refractivity contribution is 5.95. The van der Waals surface area contributed by atoms with Crippen molar-refractivity contribution in [3.05, 3.63) is 39.4 Å². The first-order valence-corrected chi connectivity index (χ1v) is 6.72. The number of carbonyl (C=O) groups is 1. The number of nitrogens with one attached hydrogen (secondary N) is 1. The second-order valence-electron chi connectivity index (χ2n) is 5.25. The van der Waals surface area contributed by atoms with Crippen molar-refractivity contribution in [3.63, 3.8) is 0 Å². The van der Waals surface area contributed by atoms with E-state index in [4.69, 9.17) is 0 Å². The highest BCUT2D eigenvalue weighted by Crippen LogP contribution is 2.19. The van der Waals surface area contributed by atoms with Gasteiger partial charge in [-0.25, -0.2) is 0 Å². The van der Waals surface area contributed by atoms with Gasteiger partial charge in [0.25, 0.3) is 11.6 Å². The number of nitrogens with zero attached hydrogens (tertiary/aromatic N) is 2. The van der Waals surface area contributed by atoms with Gasteiger partial charge in [0.15, 0.2) is 0 Å². The Labute approximate surface area is 117 Å². The van der Waals surface area contributed by atoms with Crippen LogP contribution < -0.4 is 5.32 Å². The minimum atomic E-state index is -0.461. The average Bonchev–Trinajstić information content (AvgIpc) is 2.81. The second-order valence-corrected chi connectivity index (χ2v) is 5.25. The van der Waals surface area contributed by atoms with Crippen molar-refractivity contribution in [1.82, 2.24) is 10.2 Å². The lowest BCUT2D eigenvalue weighted by molar-refractivity contribution is -0.385. The summed E-state index contributed by atoms with van der Waals surface area (Å²) in [5, 5.41) is 13.7. The lowest BCUT2D eigenvalue weighted by Crippen LogP contribution is -2.38. The van der Waals surface area contributed by atoms with Gasteiger partial charge in [-0.15, -0.1) is 0 Å². The van der Waals surface area contributed by atoms with E-state index in [9.17, 15) is 14.9 Å². The quantitative estimate of drug-likeness (QED) is 0.671. The highest BCUT2D eigenvalue weighted by Gasteiger charge is 2.22. The number of nitro benzene ring substituents is 1. The molecular weight excluding hydrogens is 258 g/mol. The molecule has 108 valence electrons. The van der Waals surface area contributed by atoms with Crippen molar-refractivity contribution in [2.45, 2.75) is 25.8 Å². The van der Waals surface area contributed by atoms with Gasteiger partial charge in [0.05, 0.1) is 4.92 Å². The van der Waals surface area contributed by atoms with Gasteiger partial charge in [-0.05, 0) is 39.4 Å². The Bertz CT molecular complexity index is 530. The van der Waals surface area contributed by atoms with Crippen molar-refractivity contribution < 1.29 is 9.72 Å². The van der Waals surface area contributed by atoms with Crippen LogP contribution in [0.1, 0.15) is 28.8 Å². The van der Waals surface area contributed by atoms with E-state index in [1.54, 1.807) is 19.1 Å². The summed E-state index contributed by atoms with van der Waals surface area (Å²) in [6.07, 6.45) is 2.22. The summed E-state index contributed by atoms with van der Waals surface area (Å²) < 4.78 is 0. The molecule has 2 rings (SSSR count). The molecule has 1 amide bonds. The molecule has 1 heterocycles. The van der Waals surface area contributed by atoms with Crippen LogP contribution in [0.15, 0.2) is 18.2 Å². The fourth-order valence-corrected chi connectivity index (χ4v) is 2.50. The summed E-state index contributed by atoms with van der Waals surface area (Å²) in [7, 11) is 2.04.